The first kappa shape index (κ1) is 20.2. The van der Waals surface area contributed by atoms with Crippen molar-refractivity contribution >= 4 is 23.5 Å². The second-order valence-electron chi connectivity index (χ2n) is 8.49. The number of nitrogens with one attached hydrogen (secondary N) is 3. The van der Waals surface area contributed by atoms with Crippen LogP contribution in [0.25, 0.3) is 0 Å². The average Bonchev–Trinajstić information content (AvgIpc) is 2.97. The van der Waals surface area contributed by atoms with Crippen LogP contribution < -0.4 is 21.7 Å². The molecule has 5 N–H and O–H groups in total. The summed E-state index contributed by atoms with van der Waals surface area (Å²) in [5, 5.41) is 9.47. The van der Waals surface area contributed by atoms with Crippen LogP contribution in [0.1, 0.15) is 32.6 Å². The molecule has 4 saturated heterocycles. The van der Waals surface area contributed by atoms with Crippen LogP contribution in [0.3, 0.4) is 0 Å². The molecule has 3 amide bonds. The fraction of sp³-hybridized carbons (Fsp3) is 0.889. The fourth-order valence-electron chi connectivity index (χ4n) is 5.16. The molecule has 0 radical (unpaired) electrons. The van der Waals surface area contributed by atoms with Gasteiger partial charge in [-0.3, -0.25) is 25.2 Å². The van der Waals surface area contributed by atoms with Gasteiger partial charge in [0, 0.05) is 0 Å². The smallest absolute Gasteiger partial charge is 0.320 e. The lowest BCUT2D eigenvalue weighted by Gasteiger charge is -2.49. The summed E-state index contributed by atoms with van der Waals surface area (Å²) in [7, 11) is 1.98. The Morgan fingerprint density at radius 1 is 1.32 bits per heavy atom. The number of ether oxygens (including phenoxy) is 1. The summed E-state index contributed by atoms with van der Waals surface area (Å²) in [5.41, 5.74) is 5.69. The Labute approximate surface area is 170 Å². The van der Waals surface area contributed by atoms with Crippen LogP contribution in [0.5, 0.6) is 0 Å². The van der Waals surface area contributed by atoms with Gasteiger partial charge in [-0.1, -0.05) is 0 Å². The normalized spacial score (nSPS) is 44.8. The average molecular weight is 415 g/mol. The third kappa shape index (κ3) is 3.59. The molecule has 8 atom stereocenters. The van der Waals surface area contributed by atoms with Gasteiger partial charge in [-0.05, 0) is 52.7 Å². The van der Waals surface area contributed by atoms with Gasteiger partial charge in [-0.15, -0.1) is 11.6 Å². The quantitative estimate of drug-likeness (QED) is 0.432. The van der Waals surface area contributed by atoms with Gasteiger partial charge < -0.3 is 15.8 Å². The van der Waals surface area contributed by atoms with Gasteiger partial charge in [0.05, 0.1) is 35.7 Å². The van der Waals surface area contributed by atoms with Crippen LogP contribution >= 0.6 is 11.6 Å². The SMILES string of the molecule is C[C@@H]1CCCN(C)C2NC(C(Cl)CC2C(N)=O)N2C(=O)NC3NCCC(O1)C32. The summed E-state index contributed by atoms with van der Waals surface area (Å²) in [6.45, 7) is 3.69. The van der Waals surface area contributed by atoms with Gasteiger partial charge in [0.25, 0.3) is 0 Å². The second-order valence-corrected chi connectivity index (χ2v) is 9.05. The number of urea groups is 1. The number of nitrogens with two attached hydrogens (primary N) is 1. The van der Waals surface area contributed by atoms with E-state index in [1.807, 2.05) is 7.05 Å². The molecular weight excluding hydrogens is 384 g/mol. The maximum atomic E-state index is 12.9. The minimum atomic E-state index is -0.422. The number of hydrogen-bond acceptors (Lipinski definition) is 6. The third-order valence-corrected chi connectivity index (χ3v) is 6.98. The molecule has 158 valence electrons. The largest absolute Gasteiger partial charge is 0.373 e. The van der Waals surface area contributed by atoms with Crippen LogP contribution in [0.4, 0.5) is 4.79 Å². The van der Waals surface area contributed by atoms with Crippen molar-refractivity contribution < 1.29 is 14.3 Å². The van der Waals surface area contributed by atoms with E-state index in [1.165, 1.54) is 0 Å². The highest BCUT2D eigenvalue weighted by Crippen LogP contribution is 2.34. The number of fused-ring (bicyclic) bond motifs is 3. The molecule has 0 saturated carbocycles. The first-order chi connectivity index (χ1) is 13.4. The number of alkyl halides is 1. The summed E-state index contributed by atoms with van der Waals surface area (Å²) < 4.78 is 6.39. The second kappa shape index (κ2) is 7.95. The standard InChI is InChI=1S/C18H31ClN6O3/c1-9-4-3-7-24(2)16-10(14(20)26)8-11(19)17(23-16)25-13-12(28-9)5-6-21-15(13)22-18(25)27/h9-13,15-17,21,23H,3-8H2,1-2H3,(H2,20,26)(H,22,27)/t9-,10?,11?,12?,13?,15?,16?,17?/m1/s1. The van der Waals surface area contributed by atoms with Crippen LogP contribution in [-0.2, 0) is 9.53 Å². The van der Waals surface area contributed by atoms with Crippen molar-refractivity contribution in [2.75, 3.05) is 20.1 Å². The zero-order chi connectivity index (χ0) is 20.0. The summed E-state index contributed by atoms with van der Waals surface area (Å²) in [4.78, 5) is 28.9. The van der Waals surface area contributed by atoms with E-state index in [4.69, 9.17) is 22.1 Å². The molecule has 4 fully saturated rings. The van der Waals surface area contributed by atoms with E-state index >= 15 is 0 Å². The molecule has 4 heterocycles. The fourth-order valence-corrected chi connectivity index (χ4v) is 5.54. The molecule has 0 aromatic carbocycles. The van der Waals surface area contributed by atoms with Crippen molar-refractivity contribution in [2.45, 2.75) is 74.7 Å². The number of halogens is 1. The zero-order valence-corrected chi connectivity index (χ0v) is 17.2. The van der Waals surface area contributed by atoms with Crippen molar-refractivity contribution in [1.29, 1.82) is 0 Å². The summed E-state index contributed by atoms with van der Waals surface area (Å²) >= 11 is 6.71. The van der Waals surface area contributed by atoms with E-state index in [1.54, 1.807) is 4.90 Å². The molecule has 10 heteroatoms. The van der Waals surface area contributed by atoms with Gasteiger partial charge in [0.1, 0.15) is 12.3 Å². The molecule has 0 aliphatic carbocycles. The maximum absolute atomic E-state index is 12.9. The van der Waals surface area contributed by atoms with Gasteiger partial charge >= 0.3 is 6.03 Å². The number of amides is 3. The zero-order valence-electron chi connectivity index (χ0n) is 16.4. The van der Waals surface area contributed by atoms with Crippen LogP contribution in [-0.4, -0.2) is 84.0 Å². The first-order valence-electron chi connectivity index (χ1n) is 10.2. The van der Waals surface area contributed by atoms with Crippen LogP contribution in [0.15, 0.2) is 0 Å². The van der Waals surface area contributed by atoms with Crippen molar-refractivity contribution in [2.24, 2.45) is 11.7 Å². The lowest BCUT2D eigenvalue weighted by atomic mass is 9.90. The number of carbonyl (C=O) groups is 2. The first-order valence-corrected chi connectivity index (χ1v) is 10.7. The van der Waals surface area contributed by atoms with Crippen molar-refractivity contribution in [3.05, 3.63) is 0 Å². The summed E-state index contributed by atoms with van der Waals surface area (Å²) in [6.07, 6.45) is 2.35. The lowest BCUT2D eigenvalue weighted by Crippen LogP contribution is -2.70. The van der Waals surface area contributed by atoms with Crippen molar-refractivity contribution in [3.63, 3.8) is 0 Å². The molecule has 0 aromatic rings. The number of rotatable bonds is 1. The minimum Gasteiger partial charge on any atom is -0.373 e. The number of nitrogens with zero attached hydrogens (tertiary/aromatic N) is 2. The predicted molar refractivity (Wildman–Crippen MR) is 104 cm³/mol. The maximum Gasteiger partial charge on any atom is 0.320 e. The third-order valence-electron chi connectivity index (χ3n) is 6.56. The Morgan fingerprint density at radius 3 is 2.86 bits per heavy atom. The molecule has 2 bridgehead atoms. The van der Waals surface area contributed by atoms with E-state index in [-0.39, 0.29) is 42.5 Å². The van der Waals surface area contributed by atoms with Gasteiger partial charge in [-0.2, -0.15) is 0 Å². The monoisotopic (exact) mass is 414 g/mol. The van der Waals surface area contributed by atoms with E-state index in [0.29, 0.717) is 6.42 Å². The Hall–Kier alpha value is -1.13. The topological polar surface area (TPSA) is 112 Å². The number of hydrogen-bond donors (Lipinski definition) is 4. The minimum absolute atomic E-state index is 0.0599. The van der Waals surface area contributed by atoms with Crippen molar-refractivity contribution in [3.8, 4) is 0 Å². The molecule has 9 nitrogen and oxygen atoms in total. The Balaban J connectivity index is 1.69. The molecular formula is C18H31ClN6O3. The lowest BCUT2D eigenvalue weighted by molar-refractivity contribution is -0.127. The molecule has 4 aliphatic heterocycles. The molecule has 0 spiro atoms. The van der Waals surface area contributed by atoms with E-state index < -0.39 is 17.5 Å². The Morgan fingerprint density at radius 2 is 2.11 bits per heavy atom. The highest BCUT2D eigenvalue weighted by Gasteiger charge is 2.53. The summed E-state index contributed by atoms with van der Waals surface area (Å²) in [5.74, 6) is -0.764. The van der Waals surface area contributed by atoms with E-state index in [9.17, 15) is 9.59 Å². The highest BCUT2D eigenvalue weighted by molar-refractivity contribution is 6.21. The van der Waals surface area contributed by atoms with Gasteiger partial charge in [0.15, 0.2) is 0 Å². The predicted octanol–water partition coefficient (Wildman–Crippen LogP) is -0.447. The molecule has 7 unspecified atom stereocenters. The van der Waals surface area contributed by atoms with Crippen LogP contribution in [0, 0.1) is 5.92 Å². The van der Waals surface area contributed by atoms with Gasteiger partial charge in [-0.25, -0.2) is 4.79 Å². The van der Waals surface area contributed by atoms with Crippen molar-refractivity contribution in [1.82, 2.24) is 25.8 Å². The van der Waals surface area contributed by atoms with Gasteiger partial charge in [0.2, 0.25) is 5.91 Å². The van der Waals surface area contributed by atoms with Crippen LogP contribution in [0.2, 0.25) is 0 Å². The Bertz CT molecular complexity index is 624. The van der Waals surface area contributed by atoms with E-state index in [2.05, 4.69) is 27.8 Å². The number of primary amides is 1. The number of carbonyl (C=O) groups excluding carboxylic acids is 2. The highest BCUT2D eigenvalue weighted by atomic mass is 35.5. The summed E-state index contributed by atoms with van der Waals surface area (Å²) in [6, 6.07) is -0.317. The Kier molecular flexibility index (Phi) is 5.72. The number of piperidine rings is 2. The molecule has 4 aliphatic rings. The van der Waals surface area contributed by atoms with E-state index in [0.717, 1.165) is 32.4 Å². The molecule has 28 heavy (non-hydrogen) atoms. The molecule has 0 aromatic heterocycles. The molecule has 4 rings (SSSR count).